The van der Waals surface area contributed by atoms with Crippen molar-refractivity contribution in [3.05, 3.63) is 23.8 Å². The first-order valence-corrected chi connectivity index (χ1v) is 11.3. The van der Waals surface area contributed by atoms with Gasteiger partial charge in [-0.15, -0.1) is 0 Å². The van der Waals surface area contributed by atoms with E-state index in [1.165, 1.54) is 12.2 Å². The minimum absolute atomic E-state index is 0.132. The van der Waals surface area contributed by atoms with Crippen LogP contribution in [0.5, 0.6) is 11.5 Å². The van der Waals surface area contributed by atoms with E-state index < -0.39 is 11.5 Å². The monoisotopic (exact) mass is 448 g/mol. The smallest absolute Gasteiger partial charge is 0.311 e. The number of likely N-dealkylation sites (tertiary alicyclic amines) is 1. The first kappa shape index (κ1) is 24.3. The quantitative estimate of drug-likeness (QED) is 0.538. The average Bonchev–Trinajstić information content (AvgIpc) is 3.05. The second-order valence-corrected chi connectivity index (χ2v) is 9.02. The van der Waals surface area contributed by atoms with E-state index in [2.05, 4.69) is 18.7 Å². The van der Waals surface area contributed by atoms with Crippen LogP contribution in [0.25, 0.3) is 0 Å². The number of para-hydroxylation sites is 1. The number of esters is 1. The number of rotatable bonds is 9. The molecule has 0 unspecified atom stereocenters. The maximum Gasteiger partial charge on any atom is 0.311 e. The molecule has 0 saturated carbocycles. The van der Waals surface area contributed by atoms with Gasteiger partial charge >= 0.3 is 5.97 Å². The van der Waals surface area contributed by atoms with E-state index in [9.17, 15) is 9.59 Å². The highest BCUT2D eigenvalue weighted by atomic mass is 16.7. The molecule has 1 amide bonds. The van der Waals surface area contributed by atoms with Crippen LogP contribution in [0.3, 0.4) is 0 Å². The Kier molecular flexibility index (Phi) is 8.00. The van der Waals surface area contributed by atoms with E-state index in [0.717, 1.165) is 30.8 Å². The van der Waals surface area contributed by atoms with Crippen molar-refractivity contribution >= 4 is 11.9 Å². The maximum absolute atomic E-state index is 12.8. The van der Waals surface area contributed by atoms with E-state index in [0.29, 0.717) is 37.7 Å². The molecule has 0 bridgehead atoms. The molecule has 1 aromatic carbocycles. The van der Waals surface area contributed by atoms with E-state index in [4.69, 9.17) is 19.0 Å². The van der Waals surface area contributed by atoms with E-state index >= 15 is 0 Å². The molecular formula is C24H36N2O6. The van der Waals surface area contributed by atoms with Crippen LogP contribution in [0, 0.1) is 11.8 Å². The summed E-state index contributed by atoms with van der Waals surface area (Å²) in [5, 5.41) is 1.51. The predicted molar refractivity (Wildman–Crippen MR) is 119 cm³/mol. The summed E-state index contributed by atoms with van der Waals surface area (Å²) in [5.41, 5.74) is 0.385. The minimum atomic E-state index is -0.657. The summed E-state index contributed by atoms with van der Waals surface area (Å²) >= 11 is 0. The number of methoxy groups -OCH3 is 3. The molecule has 2 saturated heterocycles. The number of amides is 1. The predicted octanol–water partition coefficient (Wildman–Crippen LogP) is 3.04. The SMILES string of the molecule is COC(=O)[C@H]1CC(=O)N(OCCC(C)C)C12CCN(Cc1cccc(OC)c1OC)CC2. The summed E-state index contributed by atoms with van der Waals surface area (Å²) in [4.78, 5) is 33.7. The van der Waals surface area contributed by atoms with Crippen molar-refractivity contribution in [1.82, 2.24) is 9.96 Å². The van der Waals surface area contributed by atoms with Gasteiger partial charge in [-0.1, -0.05) is 26.0 Å². The Balaban J connectivity index is 1.75. The first-order chi connectivity index (χ1) is 15.4. The first-order valence-electron chi connectivity index (χ1n) is 11.3. The zero-order valence-corrected chi connectivity index (χ0v) is 19.9. The average molecular weight is 449 g/mol. The molecule has 2 aliphatic rings. The number of piperidine rings is 1. The van der Waals surface area contributed by atoms with Crippen LogP contribution in [-0.2, 0) is 25.7 Å². The Morgan fingerprint density at radius 2 is 1.88 bits per heavy atom. The van der Waals surface area contributed by atoms with Gasteiger partial charge in [-0.25, -0.2) is 5.06 Å². The zero-order chi connectivity index (χ0) is 23.3. The Bertz CT molecular complexity index is 804. The molecule has 0 N–H and O–H groups in total. The van der Waals surface area contributed by atoms with Crippen LogP contribution in [0.15, 0.2) is 18.2 Å². The fourth-order valence-electron chi connectivity index (χ4n) is 4.83. The molecular weight excluding hydrogens is 412 g/mol. The summed E-state index contributed by atoms with van der Waals surface area (Å²) in [6, 6.07) is 5.86. The maximum atomic E-state index is 12.8. The number of ether oxygens (including phenoxy) is 3. The van der Waals surface area contributed by atoms with Crippen molar-refractivity contribution in [3.63, 3.8) is 0 Å². The molecule has 3 rings (SSSR count). The van der Waals surface area contributed by atoms with Gasteiger partial charge in [-0.05, 0) is 31.2 Å². The van der Waals surface area contributed by atoms with Crippen LogP contribution in [0.2, 0.25) is 0 Å². The van der Waals surface area contributed by atoms with Gasteiger partial charge in [0.1, 0.15) is 0 Å². The number of hydrogen-bond acceptors (Lipinski definition) is 7. The van der Waals surface area contributed by atoms with Gasteiger partial charge in [0.25, 0.3) is 0 Å². The fourth-order valence-corrected chi connectivity index (χ4v) is 4.83. The lowest BCUT2D eigenvalue weighted by Crippen LogP contribution is -2.57. The summed E-state index contributed by atoms with van der Waals surface area (Å²) in [5.74, 6) is 0.934. The summed E-state index contributed by atoms with van der Waals surface area (Å²) < 4.78 is 16.1. The lowest BCUT2D eigenvalue weighted by Gasteiger charge is -2.46. The minimum Gasteiger partial charge on any atom is -0.493 e. The summed E-state index contributed by atoms with van der Waals surface area (Å²) in [6.07, 6.45) is 2.28. The van der Waals surface area contributed by atoms with Gasteiger partial charge in [0.2, 0.25) is 5.91 Å². The topological polar surface area (TPSA) is 77.5 Å². The second kappa shape index (κ2) is 10.5. The van der Waals surface area contributed by atoms with Crippen LogP contribution >= 0.6 is 0 Å². The normalized spacial score (nSPS) is 20.8. The van der Waals surface area contributed by atoms with Crippen LogP contribution in [0.1, 0.15) is 45.1 Å². The van der Waals surface area contributed by atoms with Crippen molar-refractivity contribution in [2.75, 3.05) is 41.0 Å². The van der Waals surface area contributed by atoms with Gasteiger partial charge in [0.05, 0.1) is 39.4 Å². The van der Waals surface area contributed by atoms with Crippen LogP contribution < -0.4 is 9.47 Å². The van der Waals surface area contributed by atoms with Gasteiger partial charge in [0.15, 0.2) is 11.5 Å². The molecule has 0 radical (unpaired) electrons. The highest BCUT2D eigenvalue weighted by Crippen LogP contribution is 2.45. The Morgan fingerprint density at radius 1 is 1.16 bits per heavy atom. The van der Waals surface area contributed by atoms with Gasteiger partial charge in [-0.3, -0.25) is 19.3 Å². The van der Waals surface area contributed by atoms with E-state index in [-0.39, 0.29) is 18.3 Å². The molecule has 2 fully saturated rings. The van der Waals surface area contributed by atoms with Crippen molar-refractivity contribution in [1.29, 1.82) is 0 Å². The van der Waals surface area contributed by atoms with Crippen LogP contribution in [0.4, 0.5) is 0 Å². The van der Waals surface area contributed by atoms with E-state index in [1.807, 2.05) is 18.2 Å². The number of hydrogen-bond donors (Lipinski definition) is 0. The highest BCUT2D eigenvalue weighted by Gasteiger charge is 2.58. The molecule has 2 aliphatic heterocycles. The van der Waals surface area contributed by atoms with Crippen molar-refractivity contribution in [3.8, 4) is 11.5 Å². The number of carbonyl (C=O) groups excluding carboxylic acids is 2. The highest BCUT2D eigenvalue weighted by molar-refractivity contribution is 5.88. The lowest BCUT2D eigenvalue weighted by molar-refractivity contribution is -0.224. The largest absolute Gasteiger partial charge is 0.493 e. The Hall–Kier alpha value is -2.32. The Morgan fingerprint density at radius 3 is 2.47 bits per heavy atom. The summed E-state index contributed by atoms with van der Waals surface area (Å²) in [7, 11) is 4.65. The van der Waals surface area contributed by atoms with Crippen molar-refractivity contribution in [2.24, 2.45) is 11.8 Å². The van der Waals surface area contributed by atoms with Gasteiger partial charge in [-0.2, -0.15) is 0 Å². The molecule has 178 valence electrons. The third-order valence-corrected chi connectivity index (χ3v) is 6.66. The molecule has 0 aromatic heterocycles. The number of carbonyl (C=O) groups is 2. The Labute approximate surface area is 190 Å². The van der Waals surface area contributed by atoms with Gasteiger partial charge in [0, 0.05) is 31.6 Å². The van der Waals surface area contributed by atoms with Crippen molar-refractivity contribution < 1.29 is 28.6 Å². The molecule has 8 nitrogen and oxygen atoms in total. The van der Waals surface area contributed by atoms with Gasteiger partial charge < -0.3 is 14.2 Å². The zero-order valence-electron chi connectivity index (χ0n) is 19.9. The molecule has 1 spiro atoms. The molecule has 2 heterocycles. The third kappa shape index (κ3) is 4.86. The lowest BCUT2D eigenvalue weighted by atomic mass is 9.77. The molecule has 1 atom stereocenters. The standard InChI is InChI=1S/C24H36N2O6/c1-17(2)9-14-32-26-21(27)15-19(23(28)31-5)24(26)10-12-25(13-11-24)16-18-7-6-8-20(29-3)22(18)30-4/h6-8,17,19H,9-16H2,1-5H3/t19-/m1/s1. The number of benzene rings is 1. The molecule has 32 heavy (non-hydrogen) atoms. The number of nitrogens with zero attached hydrogens (tertiary/aromatic N) is 2. The van der Waals surface area contributed by atoms with Crippen molar-refractivity contribution in [2.45, 2.75) is 51.6 Å². The molecule has 1 aromatic rings. The summed E-state index contributed by atoms with van der Waals surface area (Å²) in [6.45, 7) is 6.85. The van der Waals surface area contributed by atoms with Crippen LogP contribution in [-0.4, -0.2) is 68.4 Å². The fraction of sp³-hybridized carbons (Fsp3) is 0.667. The third-order valence-electron chi connectivity index (χ3n) is 6.66. The molecule has 0 aliphatic carbocycles. The second-order valence-electron chi connectivity index (χ2n) is 9.02. The van der Waals surface area contributed by atoms with E-state index in [1.54, 1.807) is 14.2 Å². The molecule has 8 heteroatoms. The number of hydroxylamine groups is 2.